The predicted octanol–water partition coefficient (Wildman–Crippen LogP) is 3.42. The number of amides is 2. The number of carbonyl (C=O) groups is 2. The van der Waals surface area contributed by atoms with Crippen LogP contribution in [0.3, 0.4) is 0 Å². The van der Waals surface area contributed by atoms with E-state index < -0.39 is 0 Å². The highest BCUT2D eigenvalue weighted by atomic mass is 16.2. The highest BCUT2D eigenvalue weighted by Crippen LogP contribution is 2.20. The number of carbonyl (C=O) groups excluding carboxylic acids is 2. The van der Waals surface area contributed by atoms with E-state index in [0.717, 1.165) is 25.8 Å². The molecule has 1 aliphatic heterocycles. The summed E-state index contributed by atoms with van der Waals surface area (Å²) in [4.78, 5) is 24.7. The molecule has 0 aromatic carbocycles. The van der Waals surface area contributed by atoms with Gasteiger partial charge in [0.05, 0.1) is 12.7 Å². The van der Waals surface area contributed by atoms with Crippen LogP contribution in [0.1, 0.15) is 72.9 Å². The number of aromatic nitrogens is 3. The minimum atomic E-state index is -0.202. The van der Waals surface area contributed by atoms with Gasteiger partial charge in [-0.1, -0.05) is 59.6 Å². The van der Waals surface area contributed by atoms with Crippen LogP contribution in [0.2, 0.25) is 0 Å². The summed E-state index contributed by atoms with van der Waals surface area (Å²) in [6, 6.07) is 0. The molecule has 6 nitrogen and oxygen atoms in total. The number of hydrogen-bond acceptors (Lipinski definition) is 4. The van der Waals surface area contributed by atoms with Crippen LogP contribution in [0.25, 0.3) is 0 Å². The van der Waals surface area contributed by atoms with Gasteiger partial charge in [0, 0.05) is 18.9 Å². The zero-order chi connectivity index (χ0) is 17.8. The van der Waals surface area contributed by atoms with Crippen molar-refractivity contribution < 1.29 is 9.59 Å². The van der Waals surface area contributed by atoms with Gasteiger partial charge in [-0.2, -0.15) is 0 Å². The smallest absolute Gasteiger partial charge is 0.232 e. The van der Waals surface area contributed by atoms with Gasteiger partial charge >= 0.3 is 0 Å². The van der Waals surface area contributed by atoms with Crippen LogP contribution in [0, 0.1) is 5.92 Å². The van der Waals surface area contributed by atoms with E-state index in [2.05, 4.69) is 17.2 Å². The van der Waals surface area contributed by atoms with Crippen molar-refractivity contribution in [1.29, 1.82) is 0 Å². The molecule has 6 heteroatoms. The number of aryl methyl sites for hydroxylation is 1. The van der Waals surface area contributed by atoms with Crippen molar-refractivity contribution in [2.24, 2.45) is 5.92 Å². The lowest BCUT2D eigenvalue weighted by Gasteiger charge is -2.11. The number of likely N-dealkylation sites (tertiary alicyclic amines) is 1. The van der Waals surface area contributed by atoms with Gasteiger partial charge in [-0.15, -0.1) is 5.10 Å². The number of hydrogen-bond donors (Lipinski definition) is 0. The molecule has 0 radical (unpaired) electrons. The zero-order valence-electron chi connectivity index (χ0n) is 15.5. The van der Waals surface area contributed by atoms with Gasteiger partial charge in [-0.05, 0) is 6.42 Å². The second-order valence-corrected chi connectivity index (χ2v) is 5.10. The first-order valence-electron chi connectivity index (χ1n) is 8.85. The van der Waals surface area contributed by atoms with Crippen LogP contribution >= 0.6 is 0 Å². The second kappa shape index (κ2) is 11.8. The molecule has 23 heavy (non-hydrogen) atoms. The highest BCUT2D eigenvalue weighted by molar-refractivity contribution is 6.03. The first kappa shape index (κ1) is 21.3. The lowest BCUT2D eigenvalue weighted by Crippen LogP contribution is -2.29. The van der Waals surface area contributed by atoms with E-state index >= 15 is 0 Å². The predicted molar refractivity (Wildman–Crippen MR) is 91.6 cm³/mol. The minimum absolute atomic E-state index is 0.106. The van der Waals surface area contributed by atoms with Crippen molar-refractivity contribution >= 4 is 11.8 Å². The van der Waals surface area contributed by atoms with Crippen LogP contribution in [0.15, 0.2) is 6.20 Å². The summed E-state index contributed by atoms with van der Waals surface area (Å²) < 4.78 is 1.78. The minimum Gasteiger partial charge on any atom is -0.276 e. The van der Waals surface area contributed by atoms with E-state index in [9.17, 15) is 9.59 Å². The van der Waals surface area contributed by atoms with Crippen molar-refractivity contribution in [2.75, 3.05) is 0 Å². The molecule has 0 saturated carbocycles. The molecule has 1 aromatic rings. The number of unbranched alkanes of at least 4 members (excludes halogenated alkanes) is 2. The first-order chi connectivity index (χ1) is 11.1. The summed E-state index contributed by atoms with van der Waals surface area (Å²) in [7, 11) is 0. The molecule has 1 saturated heterocycles. The van der Waals surface area contributed by atoms with Crippen molar-refractivity contribution in [3.63, 3.8) is 0 Å². The molecular formula is C17H32N4O2. The summed E-state index contributed by atoms with van der Waals surface area (Å²) in [5, 5.41) is 8.04. The van der Waals surface area contributed by atoms with Gasteiger partial charge in [-0.3, -0.25) is 19.2 Å². The summed E-state index contributed by atoms with van der Waals surface area (Å²) in [6.07, 6.45) is 5.52. The molecule has 0 aliphatic carbocycles. The summed E-state index contributed by atoms with van der Waals surface area (Å²) in [5.74, 6) is -0.421. The molecule has 2 amide bonds. The molecule has 1 unspecified atom stereocenters. The number of imide groups is 1. The summed E-state index contributed by atoms with van der Waals surface area (Å²) >= 11 is 0. The van der Waals surface area contributed by atoms with Gasteiger partial charge < -0.3 is 0 Å². The van der Waals surface area contributed by atoms with E-state index in [1.165, 1.54) is 4.90 Å². The van der Waals surface area contributed by atoms with Gasteiger partial charge in [0.1, 0.15) is 5.69 Å². The molecule has 2 rings (SSSR count). The van der Waals surface area contributed by atoms with Crippen LogP contribution in [0.4, 0.5) is 0 Å². The standard InChI is InChI=1S/C13H20N4O2.2C2H6/c1-3-4-5-6-16-8-11(14-15-16)9-17-12(18)7-10(2)13(17)19;2*1-2/h8,10H,3-7,9H2,1-2H3;2*1-2H3. The Balaban J connectivity index is 0.00000112. The molecule has 0 bridgehead atoms. The fourth-order valence-electron chi connectivity index (χ4n) is 2.22. The number of rotatable bonds is 6. The second-order valence-electron chi connectivity index (χ2n) is 5.10. The Bertz CT molecular complexity index is 471. The maximum absolute atomic E-state index is 11.8. The average Bonchev–Trinajstić information content (AvgIpc) is 3.12. The lowest BCUT2D eigenvalue weighted by molar-refractivity contribution is -0.140. The van der Waals surface area contributed by atoms with Crippen LogP contribution in [0.5, 0.6) is 0 Å². The molecular weight excluding hydrogens is 292 g/mol. The molecule has 132 valence electrons. The quantitative estimate of drug-likeness (QED) is 0.594. The largest absolute Gasteiger partial charge is 0.276 e. The van der Waals surface area contributed by atoms with E-state index in [4.69, 9.17) is 0 Å². The monoisotopic (exact) mass is 324 g/mol. The van der Waals surface area contributed by atoms with Gasteiger partial charge in [0.2, 0.25) is 11.8 Å². The Labute approximate surface area is 140 Å². The maximum atomic E-state index is 11.8. The SMILES string of the molecule is CC.CC.CCCCCn1cc(CN2C(=O)CC(C)C2=O)nn1. The lowest BCUT2D eigenvalue weighted by atomic mass is 10.1. The van der Waals surface area contributed by atoms with Gasteiger partial charge in [0.15, 0.2) is 0 Å². The fraction of sp³-hybridized carbons (Fsp3) is 0.765. The Hall–Kier alpha value is -1.72. The summed E-state index contributed by atoms with van der Waals surface area (Å²) in [5.41, 5.74) is 0.673. The molecule has 1 aromatic heterocycles. The van der Waals surface area contributed by atoms with Crippen LogP contribution in [-0.2, 0) is 22.7 Å². The zero-order valence-corrected chi connectivity index (χ0v) is 15.5. The molecule has 1 fully saturated rings. The van der Waals surface area contributed by atoms with E-state index in [0.29, 0.717) is 12.1 Å². The average molecular weight is 324 g/mol. The Morgan fingerprint density at radius 2 is 1.83 bits per heavy atom. The Morgan fingerprint density at radius 3 is 2.35 bits per heavy atom. The van der Waals surface area contributed by atoms with E-state index in [-0.39, 0.29) is 24.3 Å². The molecule has 1 atom stereocenters. The molecule has 0 N–H and O–H groups in total. The normalized spacial score (nSPS) is 16.6. The first-order valence-corrected chi connectivity index (χ1v) is 8.85. The molecule has 1 aliphatic rings. The third kappa shape index (κ3) is 6.50. The van der Waals surface area contributed by atoms with E-state index in [1.54, 1.807) is 11.6 Å². The molecule has 0 spiro atoms. The van der Waals surface area contributed by atoms with Crippen LogP contribution < -0.4 is 0 Å². The van der Waals surface area contributed by atoms with Crippen molar-refractivity contribution in [2.45, 2.75) is 80.3 Å². The Morgan fingerprint density at radius 1 is 1.17 bits per heavy atom. The maximum Gasteiger partial charge on any atom is 0.232 e. The van der Waals surface area contributed by atoms with Gasteiger partial charge in [0.25, 0.3) is 0 Å². The van der Waals surface area contributed by atoms with E-state index in [1.807, 2.05) is 33.9 Å². The Kier molecular flexibility index (Phi) is 10.9. The van der Waals surface area contributed by atoms with Crippen molar-refractivity contribution in [3.8, 4) is 0 Å². The summed E-state index contributed by atoms with van der Waals surface area (Å²) in [6.45, 7) is 13.0. The third-order valence-corrected chi connectivity index (χ3v) is 3.37. The van der Waals surface area contributed by atoms with Crippen molar-refractivity contribution in [1.82, 2.24) is 19.9 Å². The van der Waals surface area contributed by atoms with Crippen LogP contribution in [-0.4, -0.2) is 31.7 Å². The third-order valence-electron chi connectivity index (χ3n) is 3.37. The highest BCUT2D eigenvalue weighted by Gasteiger charge is 2.35. The van der Waals surface area contributed by atoms with Crippen molar-refractivity contribution in [3.05, 3.63) is 11.9 Å². The van der Waals surface area contributed by atoms with Gasteiger partial charge in [-0.25, -0.2) is 0 Å². The topological polar surface area (TPSA) is 68.1 Å². The number of nitrogens with zero attached hydrogens (tertiary/aromatic N) is 4. The molecule has 2 heterocycles. The fourth-order valence-corrected chi connectivity index (χ4v) is 2.22.